The summed E-state index contributed by atoms with van der Waals surface area (Å²) in [5.41, 5.74) is 0.638. The molecule has 1 aliphatic heterocycles. The van der Waals surface area contributed by atoms with Gasteiger partial charge in [0.05, 0.1) is 11.8 Å². The van der Waals surface area contributed by atoms with E-state index in [4.69, 9.17) is 0 Å². The minimum atomic E-state index is -4.26. The van der Waals surface area contributed by atoms with E-state index in [0.29, 0.717) is 23.4 Å². The number of piperazine rings is 1. The molecule has 0 bridgehead atoms. The van der Waals surface area contributed by atoms with Crippen molar-refractivity contribution in [2.24, 2.45) is 0 Å². The van der Waals surface area contributed by atoms with E-state index in [2.05, 4.69) is 25.2 Å². The molecule has 22 heavy (non-hydrogen) atoms. The summed E-state index contributed by atoms with van der Waals surface area (Å²) in [7, 11) is 0. The highest BCUT2D eigenvalue weighted by Crippen LogP contribution is 2.32. The molecular weight excluding hydrogens is 295 g/mol. The molecule has 2 atom stereocenters. The van der Waals surface area contributed by atoms with Gasteiger partial charge in [-0.15, -0.1) is 0 Å². The van der Waals surface area contributed by atoms with Crippen molar-refractivity contribution in [3.8, 4) is 0 Å². The highest BCUT2D eigenvalue weighted by Gasteiger charge is 2.32. The Morgan fingerprint density at radius 3 is 2.82 bits per heavy atom. The molecule has 3 rings (SSSR count). The van der Waals surface area contributed by atoms with Gasteiger partial charge < -0.3 is 15.2 Å². The van der Waals surface area contributed by atoms with Crippen LogP contribution in [0.15, 0.2) is 12.5 Å². The predicted octanol–water partition coefficient (Wildman–Crippen LogP) is 2.25. The Kier molecular flexibility index (Phi) is 3.72. The van der Waals surface area contributed by atoms with Crippen LogP contribution < -0.4 is 10.2 Å². The van der Waals surface area contributed by atoms with E-state index in [1.807, 2.05) is 13.8 Å². The highest BCUT2D eigenvalue weighted by atomic mass is 19.4. The van der Waals surface area contributed by atoms with Crippen LogP contribution >= 0.6 is 0 Å². The van der Waals surface area contributed by atoms with E-state index in [9.17, 15) is 13.2 Å². The third-order valence-corrected chi connectivity index (χ3v) is 3.96. The Balaban J connectivity index is 2.07. The number of aromatic amines is 1. The molecule has 0 saturated carbocycles. The molecule has 2 N–H and O–H groups in total. The van der Waals surface area contributed by atoms with E-state index in [-0.39, 0.29) is 17.6 Å². The van der Waals surface area contributed by atoms with Crippen molar-refractivity contribution < 1.29 is 13.2 Å². The van der Waals surface area contributed by atoms with Gasteiger partial charge in [-0.3, -0.25) is 0 Å². The molecule has 0 aliphatic carbocycles. The van der Waals surface area contributed by atoms with Gasteiger partial charge in [0.15, 0.2) is 0 Å². The molecule has 1 fully saturated rings. The van der Waals surface area contributed by atoms with Crippen LogP contribution in [0.5, 0.6) is 0 Å². The molecule has 8 heteroatoms. The molecule has 0 radical (unpaired) electrons. The predicted molar refractivity (Wildman–Crippen MR) is 77.9 cm³/mol. The van der Waals surface area contributed by atoms with Gasteiger partial charge in [-0.05, 0) is 19.4 Å². The van der Waals surface area contributed by atoms with Crippen molar-refractivity contribution in [2.45, 2.75) is 38.5 Å². The quantitative estimate of drug-likeness (QED) is 0.893. The average molecular weight is 313 g/mol. The van der Waals surface area contributed by atoms with Gasteiger partial charge in [-0.25, -0.2) is 9.97 Å². The standard InChI is InChI=1S/C14H18F3N5/c1-8-6-22(9(2)4-18-8)13-11-10(3-14(15,16)17)5-19-12(11)20-7-21-13/h5,7-9,18H,3-4,6H2,1-2H3,(H,19,20,21)/t8-,9+/m1/s1. The molecule has 1 aliphatic rings. The summed E-state index contributed by atoms with van der Waals surface area (Å²) in [5, 5.41) is 3.83. The lowest BCUT2D eigenvalue weighted by molar-refractivity contribution is -0.126. The van der Waals surface area contributed by atoms with E-state index in [1.54, 1.807) is 0 Å². The fourth-order valence-electron chi connectivity index (χ4n) is 2.90. The summed E-state index contributed by atoms with van der Waals surface area (Å²) in [6.07, 6.45) is -2.47. The Bertz CT molecular complexity index is 666. The lowest BCUT2D eigenvalue weighted by atomic mass is 10.1. The minimum Gasteiger partial charge on any atom is -0.350 e. The number of hydrogen-bond donors (Lipinski definition) is 2. The van der Waals surface area contributed by atoms with Gasteiger partial charge in [0, 0.05) is 31.4 Å². The molecule has 2 aromatic heterocycles. The molecule has 120 valence electrons. The second-order valence-corrected chi connectivity index (χ2v) is 5.84. The maximum Gasteiger partial charge on any atom is 0.393 e. The fourth-order valence-corrected chi connectivity index (χ4v) is 2.90. The van der Waals surface area contributed by atoms with Crippen LogP contribution in [0, 0.1) is 0 Å². The van der Waals surface area contributed by atoms with Crippen LogP contribution in [0.3, 0.4) is 0 Å². The zero-order valence-corrected chi connectivity index (χ0v) is 12.4. The summed E-state index contributed by atoms with van der Waals surface area (Å²) < 4.78 is 38.3. The SMILES string of the molecule is C[C@@H]1CN(c2ncnc3[nH]cc(CC(F)(F)F)c23)[C@@H](C)CN1. The van der Waals surface area contributed by atoms with E-state index in [1.165, 1.54) is 12.5 Å². The number of alkyl halides is 3. The molecule has 0 unspecified atom stereocenters. The summed E-state index contributed by atoms with van der Waals surface area (Å²) in [4.78, 5) is 13.2. The van der Waals surface area contributed by atoms with Crippen molar-refractivity contribution >= 4 is 16.9 Å². The van der Waals surface area contributed by atoms with Crippen molar-refractivity contribution in [3.63, 3.8) is 0 Å². The van der Waals surface area contributed by atoms with Crippen molar-refractivity contribution in [2.75, 3.05) is 18.0 Å². The summed E-state index contributed by atoms with van der Waals surface area (Å²) in [6.45, 7) is 5.55. The molecule has 1 saturated heterocycles. The first kappa shape index (κ1) is 15.1. The summed E-state index contributed by atoms with van der Waals surface area (Å²) in [5.74, 6) is 0.575. The molecule has 3 heterocycles. The first-order chi connectivity index (χ1) is 10.3. The molecule has 0 amide bonds. The molecule has 2 aromatic rings. The first-order valence-corrected chi connectivity index (χ1v) is 7.23. The number of hydrogen-bond acceptors (Lipinski definition) is 4. The second-order valence-electron chi connectivity index (χ2n) is 5.84. The van der Waals surface area contributed by atoms with Gasteiger partial charge in [-0.1, -0.05) is 0 Å². The van der Waals surface area contributed by atoms with Crippen molar-refractivity contribution in [1.82, 2.24) is 20.3 Å². The molecular formula is C14H18F3N5. The molecule has 0 spiro atoms. The number of aromatic nitrogens is 3. The minimum absolute atomic E-state index is 0.155. The first-order valence-electron chi connectivity index (χ1n) is 7.23. The third-order valence-electron chi connectivity index (χ3n) is 3.96. The number of nitrogens with one attached hydrogen (secondary N) is 2. The Labute approximate surface area is 125 Å². The van der Waals surface area contributed by atoms with E-state index < -0.39 is 12.6 Å². The normalized spacial score (nSPS) is 23.2. The van der Waals surface area contributed by atoms with Crippen LogP contribution in [0.1, 0.15) is 19.4 Å². The maximum atomic E-state index is 12.8. The van der Waals surface area contributed by atoms with Crippen LogP contribution in [0.4, 0.5) is 19.0 Å². The smallest absolute Gasteiger partial charge is 0.350 e. The van der Waals surface area contributed by atoms with Gasteiger partial charge in [0.2, 0.25) is 0 Å². The molecule has 5 nitrogen and oxygen atoms in total. The number of H-pyrrole nitrogens is 1. The zero-order chi connectivity index (χ0) is 15.9. The Morgan fingerprint density at radius 2 is 2.09 bits per heavy atom. The monoisotopic (exact) mass is 313 g/mol. The Morgan fingerprint density at radius 1 is 1.32 bits per heavy atom. The lowest BCUT2D eigenvalue weighted by Gasteiger charge is -2.38. The molecule has 0 aromatic carbocycles. The van der Waals surface area contributed by atoms with E-state index >= 15 is 0 Å². The number of rotatable bonds is 2. The van der Waals surface area contributed by atoms with Crippen LogP contribution in [0.2, 0.25) is 0 Å². The number of fused-ring (bicyclic) bond motifs is 1. The van der Waals surface area contributed by atoms with Gasteiger partial charge >= 0.3 is 6.18 Å². The largest absolute Gasteiger partial charge is 0.393 e. The Hall–Kier alpha value is -1.83. The zero-order valence-electron chi connectivity index (χ0n) is 12.4. The van der Waals surface area contributed by atoms with Crippen LogP contribution in [-0.4, -0.2) is 46.3 Å². The van der Waals surface area contributed by atoms with E-state index in [0.717, 1.165) is 6.54 Å². The topological polar surface area (TPSA) is 56.8 Å². The maximum absolute atomic E-state index is 12.8. The van der Waals surface area contributed by atoms with Crippen molar-refractivity contribution in [1.29, 1.82) is 0 Å². The van der Waals surface area contributed by atoms with Gasteiger partial charge in [0.25, 0.3) is 0 Å². The number of anilines is 1. The van der Waals surface area contributed by atoms with Crippen LogP contribution in [0.25, 0.3) is 11.0 Å². The second kappa shape index (κ2) is 5.42. The summed E-state index contributed by atoms with van der Waals surface area (Å²) in [6, 6.07) is 0.411. The number of halogens is 3. The van der Waals surface area contributed by atoms with Gasteiger partial charge in [0.1, 0.15) is 17.8 Å². The third kappa shape index (κ3) is 2.87. The summed E-state index contributed by atoms with van der Waals surface area (Å²) >= 11 is 0. The fraction of sp³-hybridized carbons (Fsp3) is 0.571. The lowest BCUT2D eigenvalue weighted by Crippen LogP contribution is -2.54. The average Bonchev–Trinajstić information content (AvgIpc) is 2.83. The van der Waals surface area contributed by atoms with Crippen molar-refractivity contribution in [3.05, 3.63) is 18.1 Å². The van der Waals surface area contributed by atoms with Crippen LogP contribution in [-0.2, 0) is 6.42 Å². The highest BCUT2D eigenvalue weighted by molar-refractivity contribution is 5.91. The van der Waals surface area contributed by atoms with Gasteiger partial charge in [-0.2, -0.15) is 13.2 Å². The number of nitrogens with zero attached hydrogens (tertiary/aromatic N) is 3.